The highest BCUT2D eigenvalue weighted by Crippen LogP contribution is 2.32. The molecule has 0 aliphatic carbocycles. The van der Waals surface area contributed by atoms with Gasteiger partial charge < -0.3 is 9.84 Å². The molecule has 1 atom stereocenters. The van der Waals surface area contributed by atoms with Crippen molar-refractivity contribution < 1.29 is 19.4 Å². The summed E-state index contributed by atoms with van der Waals surface area (Å²) in [6.45, 7) is 2.38. The van der Waals surface area contributed by atoms with E-state index < -0.39 is 12.0 Å². The van der Waals surface area contributed by atoms with E-state index in [0.717, 1.165) is 12.0 Å². The van der Waals surface area contributed by atoms with Crippen LogP contribution in [0.4, 0.5) is 5.69 Å². The van der Waals surface area contributed by atoms with E-state index in [1.165, 1.54) is 4.90 Å². The van der Waals surface area contributed by atoms with Gasteiger partial charge in [0.15, 0.2) is 0 Å². The lowest BCUT2D eigenvalue weighted by Crippen LogP contribution is -2.44. The predicted molar refractivity (Wildman–Crippen MR) is 70.2 cm³/mol. The number of amides is 1. The van der Waals surface area contributed by atoms with Crippen molar-refractivity contribution in [1.29, 1.82) is 0 Å². The molecule has 5 nitrogen and oxygen atoms in total. The number of fused-ring (bicyclic) bond motifs is 1. The lowest BCUT2D eigenvalue weighted by Gasteiger charge is -2.22. The van der Waals surface area contributed by atoms with Crippen molar-refractivity contribution in [1.82, 2.24) is 0 Å². The van der Waals surface area contributed by atoms with Gasteiger partial charge in [-0.05, 0) is 18.1 Å². The van der Waals surface area contributed by atoms with Crippen LogP contribution >= 0.6 is 0 Å². The maximum atomic E-state index is 12.1. The summed E-state index contributed by atoms with van der Waals surface area (Å²) in [6, 6.07) is 6.45. The quantitative estimate of drug-likeness (QED) is 0.817. The number of ether oxygens (including phenoxy) is 1. The summed E-state index contributed by atoms with van der Waals surface area (Å²) in [5, 5.41) is 9.24. The predicted octanol–water partition coefficient (Wildman–Crippen LogP) is 1.46. The molecule has 0 spiro atoms. The number of rotatable bonds is 5. The van der Waals surface area contributed by atoms with Gasteiger partial charge in [-0.2, -0.15) is 0 Å². The first-order valence-electron chi connectivity index (χ1n) is 6.35. The van der Waals surface area contributed by atoms with Gasteiger partial charge in [0.25, 0.3) is 5.91 Å². The van der Waals surface area contributed by atoms with Crippen LogP contribution < -0.4 is 4.90 Å². The number of aliphatic carboxylic acids is 1. The van der Waals surface area contributed by atoms with Crippen LogP contribution in [0.3, 0.4) is 0 Å². The van der Waals surface area contributed by atoms with E-state index in [2.05, 4.69) is 0 Å². The monoisotopic (exact) mass is 263 g/mol. The largest absolute Gasteiger partial charge is 0.480 e. The molecule has 1 N–H and O–H groups in total. The van der Waals surface area contributed by atoms with Crippen LogP contribution in [-0.2, 0) is 20.7 Å². The molecule has 1 amide bonds. The van der Waals surface area contributed by atoms with Crippen LogP contribution in [0.2, 0.25) is 0 Å². The fourth-order valence-electron chi connectivity index (χ4n) is 2.27. The highest BCUT2D eigenvalue weighted by molar-refractivity contribution is 6.02. The Kier molecular flexibility index (Phi) is 4.16. The maximum Gasteiger partial charge on any atom is 0.327 e. The molecule has 5 heteroatoms. The third kappa shape index (κ3) is 2.76. The minimum Gasteiger partial charge on any atom is -0.480 e. The molecular weight excluding hydrogens is 246 g/mol. The van der Waals surface area contributed by atoms with Crippen molar-refractivity contribution in [2.45, 2.75) is 25.8 Å². The highest BCUT2D eigenvalue weighted by Gasteiger charge is 2.37. The number of hydrogen-bond donors (Lipinski definition) is 1. The van der Waals surface area contributed by atoms with Crippen molar-refractivity contribution in [3.05, 3.63) is 29.8 Å². The molecule has 0 bridgehead atoms. The Hall–Kier alpha value is -1.88. The third-order valence-corrected chi connectivity index (χ3v) is 3.10. The van der Waals surface area contributed by atoms with E-state index >= 15 is 0 Å². The number of hydrogen-bond acceptors (Lipinski definition) is 3. The Balaban J connectivity index is 2.19. The van der Waals surface area contributed by atoms with Gasteiger partial charge in [0.1, 0.15) is 12.6 Å². The van der Waals surface area contributed by atoms with Gasteiger partial charge in [-0.25, -0.2) is 4.79 Å². The molecule has 0 fully saturated rings. The van der Waals surface area contributed by atoms with Crippen molar-refractivity contribution >= 4 is 17.6 Å². The van der Waals surface area contributed by atoms with Crippen molar-refractivity contribution in [3.63, 3.8) is 0 Å². The minimum absolute atomic E-state index is 0.0774. The Bertz CT molecular complexity index is 486. The van der Waals surface area contributed by atoms with Crippen molar-refractivity contribution in [3.8, 4) is 0 Å². The second-order valence-electron chi connectivity index (χ2n) is 4.50. The topological polar surface area (TPSA) is 66.8 Å². The van der Waals surface area contributed by atoms with E-state index in [-0.39, 0.29) is 12.5 Å². The first kappa shape index (κ1) is 13.5. The van der Waals surface area contributed by atoms with E-state index in [1.807, 2.05) is 19.1 Å². The number of para-hydroxylation sites is 1. The molecule has 1 aliphatic rings. The van der Waals surface area contributed by atoms with Gasteiger partial charge in [0.2, 0.25) is 0 Å². The molecule has 1 aromatic carbocycles. The van der Waals surface area contributed by atoms with Crippen LogP contribution in [0.5, 0.6) is 0 Å². The zero-order valence-electron chi connectivity index (χ0n) is 10.8. The number of benzene rings is 1. The first-order chi connectivity index (χ1) is 9.15. The molecular formula is C14H17NO4. The van der Waals surface area contributed by atoms with Gasteiger partial charge in [0, 0.05) is 18.7 Å². The van der Waals surface area contributed by atoms with E-state index in [1.54, 1.807) is 12.1 Å². The third-order valence-electron chi connectivity index (χ3n) is 3.10. The number of carbonyl (C=O) groups is 2. The van der Waals surface area contributed by atoms with Gasteiger partial charge in [-0.3, -0.25) is 9.69 Å². The van der Waals surface area contributed by atoms with Crippen LogP contribution in [-0.4, -0.2) is 36.2 Å². The SMILES string of the molecule is CCCOCC(=O)N1c2ccccc2CC1C(=O)O. The van der Waals surface area contributed by atoms with Crippen LogP contribution in [0, 0.1) is 0 Å². The fraction of sp³-hybridized carbons (Fsp3) is 0.429. The summed E-state index contributed by atoms with van der Waals surface area (Å²) in [5.41, 5.74) is 1.57. The van der Waals surface area contributed by atoms with Crippen molar-refractivity contribution in [2.75, 3.05) is 18.1 Å². The zero-order chi connectivity index (χ0) is 13.8. The van der Waals surface area contributed by atoms with Gasteiger partial charge in [0.05, 0.1) is 0 Å². The van der Waals surface area contributed by atoms with Gasteiger partial charge in [-0.15, -0.1) is 0 Å². The molecule has 1 unspecified atom stereocenters. The molecule has 0 radical (unpaired) electrons. The normalized spacial score (nSPS) is 17.3. The average Bonchev–Trinajstić information content (AvgIpc) is 2.78. The molecule has 1 aliphatic heterocycles. The summed E-state index contributed by atoms with van der Waals surface area (Å²) >= 11 is 0. The number of carboxylic acid groups (broad SMARTS) is 1. The lowest BCUT2D eigenvalue weighted by molar-refractivity contribution is -0.140. The van der Waals surface area contributed by atoms with Crippen LogP contribution in [0.15, 0.2) is 24.3 Å². The first-order valence-corrected chi connectivity index (χ1v) is 6.35. The lowest BCUT2D eigenvalue weighted by atomic mass is 10.1. The summed E-state index contributed by atoms with van der Waals surface area (Å²) in [4.78, 5) is 24.8. The molecule has 0 saturated carbocycles. The smallest absolute Gasteiger partial charge is 0.327 e. The van der Waals surface area contributed by atoms with Gasteiger partial charge >= 0.3 is 5.97 Å². The number of nitrogens with zero attached hydrogens (tertiary/aromatic N) is 1. The molecule has 102 valence electrons. The number of carbonyl (C=O) groups excluding carboxylic acids is 1. The fourth-order valence-corrected chi connectivity index (χ4v) is 2.27. The Morgan fingerprint density at radius 1 is 1.42 bits per heavy atom. The highest BCUT2D eigenvalue weighted by atomic mass is 16.5. The van der Waals surface area contributed by atoms with Gasteiger partial charge in [-0.1, -0.05) is 25.1 Å². The standard InChI is InChI=1S/C14H17NO4/c1-2-7-19-9-13(16)15-11-6-4-3-5-10(11)8-12(15)14(17)18/h3-6,12H,2,7-9H2,1H3,(H,17,18). The number of anilines is 1. The minimum atomic E-state index is -0.986. The Labute approximate surface area is 111 Å². The molecule has 19 heavy (non-hydrogen) atoms. The number of carboxylic acids is 1. The maximum absolute atomic E-state index is 12.1. The molecule has 1 aromatic rings. The summed E-state index contributed by atoms with van der Waals surface area (Å²) in [7, 11) is 0. The molecule has 2 rings (SSSR count). The summed E-state index contributed by atoms with van der Waals surface area (Å²) in [5.74, 6) is -1.29. The Morgan fingerprint density at radius 2 is 2.16 bits per heavy atom. The Morgan fingerprint density at radius 3 is 2.84 bits per heavy atom. The molecule has 0 saturated heterocycles. The zero-order valence-corrected chi connectivity index (χ0v) is 10.8. The average molecular weight is 263 g/mol. The second kappa shape index (κ2) is 5.84. The summed E-state index contributed by atoms with van der Waals surface area (Å²) in [6.07, 6.45) is 1.18. The van der Waals surface area contributed by atoms with E-state index in [4.69, 9.17) is 4.74 Å². The molecule has 0 aromatic heterocycles. The van der Waals surface area contributed by atoms with Crippen LogP contribution in [0.25, 0.3) is 0 Å². The van der Waals surface area contributed by atoms with Crippen LogP contribution in [0.1, 0.15) is 18.9 Å². The van der Waals surface area contributed by atoms with Crippen molar-refractivity contribution in [2.24, 2.45) is 0 Å². The van der Waals surface area contributed by atoms with E-state index in [9.17, 15) is 14.7 Å². The van der Waals surface area contributed by atoms with E-state index in [0.29, 0.717) is 18.7 Å². The summed E-state index contributed by atoms with van der Waals surface area (Å²) < 4.78 is 5.22. The molecule has 1 heterocycles. The second-order valence-corrected chi connectivity index (χ2v) is 4.50.